The molecule has 1 aromatic heterocycles. The molecule has 0 saturated heterocycles. The van der Waals surface area contributed by atoms with Gasteiger partial charge in [0.15, 0.2) is 11.5 Å². The number of carbonyl (C=O) groups is 1. The highest BCUT2D eigenvalue weighted by Crippen LogP contribution is 2.43. The summed E-state index contributed by atoms with van der Waals surface area (Å²) in [6, 6.07) is 1.62. The van der Waals surface area contributed by atoms with Gasteiger partial charge < -0.3 is 19.2 Å². The number of aromatic nitrogens is 1. The summed E-state index contributed by atoms with van der Waals surface area (Å²) in [6.07, 6.45) is -0.471. The Morgan fingerprint density at radius 1 is 1.15 bits per heavy atom. The van der Waals surface area contributed by atoms with E-state index in [1.807, 2.05) is 0 Å². The summed E-state index contributed by atoms with van der Waals surface area (Å²) in [5.74, 6) is 0.806. The monoisotopic (exact) mass is 380 g/mol. The van der Waals surface area contributed by atoms with Crippen LogP contribution in [-0.2, 0) is 17.8 Å². The van der Waals surface area contributed by atoms with Gasteiger partial charge in [-0.3, -0.25) is 9.69 Å². The molecule has 1 aliphatic rings. The van der Waals surface area contributed by atoms with Crippen molar-refractivity contribution in [2.24, 2.45) is 0 Å². The third kappa shape index (κ3) is 3.07. The summed E-state index contributed by atoms with van der Waals surface area (Å²) < 4.78 is 16.3. The second kappa shape index (κ2) is 6.39. The molecule has 0 spiro atoms. The minimum Gasteiger partial charge on any atom is -0.492 e. The summed E-state index contributed by atoms with van der Waals surface area (Å²) >= 11 is 6.23. The van der Waals surface area contributed by atoms with Crippen LogP contribution >= 0.6 is 11.6 Å². The molecule has 1 amide bonds. The van der Waals surface area contributed by atoms with Crippen molar-refractivity contribution in [1.29, 1.82) is 0 Å². The van der Waals surface area contributed by atoms with Crippen molar-refractivity contribution in [2.45, 2.75) is 39.5 Å². The first-order valence-electron chi connectivity index (χ1n) is 8.12. The number of carbonyl (C=O) groups excluding carboxylic acids is 1. The maximum Gasteiger partial charge on any atom is 0.410 e. The van der Waals surface area contributed by atoms with E-state index in [0.717, 1.165) is 0 Å². The van der Waals surface area contributed by atoms with E-state index in [4.69, 9.17) is 25.8 Å². The lowest BCUT2D eigenvalue weighted by atomic mass is 10.0. The first-order valence-corrected chi connectivity index (χ1v) is 8.50. The standard InChI is InChI=1S/C18H21ClN2O5/c1-18(2,3)26-17(23)21-7-9-10(8-21)16(22)20-12-6-11(19)14(24-4)15(25-5)13(9)12/h6H,7-8H2,1-5H3,(H,20,22). The molecule has 0 saturated carbocycles. The van der Waals surface area contributed by atoms with Crippen LogP contribution in [0.25, 0.3) is 10.9 Å². The predicted molar refractivity (Wildman–Crippen MR) is 98.2 cm³/mol. The fourth-order valence-electron chi connectivity index (χ4n) is 3.11. The number of hydrogen-bond acceptors (Lipinski definition) is 5. The van der Waals surface area contributed by atoms with E-state index in [9.17, 15) is 9.59 Å². The molecule has 1 aliphatic heterocycles. The lowest BCUT2D eigenvalue weighted by Crippen LogP contribution is -2.33. The molecule has 2 aromatic rings. The molecule has 2 heterocycles. The Labute approximate surface area is 155 Å². The topological polar surface area (TPSA) is 80.9 Å². The van der Waals surface area contributed by atoms with Crippen LogP contribution in [0.3, 0.4) is 0 Å². The molecule has 0 unspecified atom stereocenters. The van der Waals surface area contributed by atoms with Crippen LogP contribution < -0.4 is 15.0 Å². The molecule has 1 aromatic carbocycles. The van der Waals surface area contributed by atoms with E-state index in [-0.39, 0.29) is 18.6 Å². The fourth-order valence-corrected chi connectivity index (χ4v) is 3.38. The Morgan fingerprint density at radius 2 is 1.77 bits per heavy atom. The van der Waals surface area contributed by atoms with Crippen LogP contribution in [-0.4, -0.2) is 35.8 Å². The average molecular weight is 381 g/mol. The second-order valence-electron chi connectivity index (χ2n) is 7.10. The minimum atomic E-state index is -0.616. The molecule has 0 atom stereocenters. The first-order chi connectivity index (χ1) is 12.2. The number of fused-ring (bicyclic) bond motifs is 3. The number of halogens is 1. The molecule has 8 heteroatoms. The molecular weight excluding hydrogens is 360 g/mol. The van der Waals surface area contributed by atoms with Crippen LogP contribution in [0.1, 0.15) is 31.9 Å². The Morgan fingerprint density at radius 3 is 2.35 bits per heavy atom. The van der Waals surface area contributed by atoms with E-state index in [1.165, 1.54) is 19.1 Å². The number of hydrogen-bond donors (Lipinski definition) is 1. The van der Waals surface area contributed by atoms with Gasteiger partial charge in [0, 0.05) is 10.9 Å². The molecular formula is C18H21ClN2O5. The Bertz CT molecular complexity index is 945. The van der Waals surface area contributed by atoms with E-state index in [0.29, 0.717) is 38.6 Å². The number of nitrogens with zero attached hydrogens (tertiary/aromatic N) is 1. The Kier molecular flexibility index (Phi) is 4.52. The maximum absolute atomic E-state index is 12.5. The lowest BCUT2D eigenvalue weighted by Gasteiger charge is -2.24. The van der Waals surface area contributed by atoms with E-state index in [2.05, 4.69) is 4.98 Å². The summed E-state index contributed by atoms with van der Waals surface area (Å²) in [5.41, 5.74) is 0.867. The van der Waals surface area contributed by atoms with Crippen LogP contribution in [0, 0.1) is 0 Å². The molecule has 140 valence electrons. The zero-order chi connectivity index (χ0) is 19.2. The highest BCUT2D eigenvalue weighted by atomic mass is 35.5. The fraction of sp³-hybridized carbons (Fsp3) is 0.444. The van der Waals surface area contributed by atoms with Crippen molar-refractivity contribution in [3.63, 3.8) is 0 Å². The summed E-state index contributed by atoms with van der Waals surface area (Å²) in [7, 11) is 3.00. The van der Waals surface area contributed by atoms with Crippen LogP contribution in [0.2, 0.25) is 5.02 Å². The van der Waals surface area contributed by atoms with Crippen LogP contribution in [0.4, 0.5) is 4.79 Å². The normalized spacial score (nSPS) is 13.7. The minimum absolute atomic E-state index is 0.170. The van der Waals surface area contributed by atoms with Crippen molar-refractivity contribution < 1.29 is 19.0 Å². The number of methoxy groups -OCH3 is 2. The average Bonchev–Trinajstić information content (AvgIpc) is 2.98. The Balaban J connectivity index is 2.15. The van der Waals surface area contributed by atoms with Crippen molar-refractivity contribution in [2.75, 3.05) is 14.2 Å². The number of rotatable bonds is 2. The number of amides is 1. The van der Waals surface area contributed by atoms with Crippen molar-refractivity contribution in [1.82, 2.24) is 9.88 Å². The number of ether oxygens (including phenoxy) is 3. The molecule has 0 fully saturated rings. The molecule has 3 rings (SSSR count). The second-order valence-corrected chi connectivity index (χ2v) is 7.50. The zero-order valence-corrected chi connectivity index (χ0v) is 16.1. The maximum atomic E-state index is 12.5. The quantitative estimate of drug-likeness (QED) is 0.863. The van der Waals surface area contributed by atoms with Crippen LogP contribution in [0.5, 0.6) is 11.5 Å². The summed E-state index contributed by atoms with van der Waals surface area (Å²) in [6.45, 7) is 5.81. The molecule has 0 radical (unpaired) electrons. The van der Waals surface area contributed by atoms with Gasteiger partial charge in [0.25, 0.3) is 5.56 Å². The number of nitrogens with one attached hydrogen (secondary N) is 1. The highest BCUT2D eigenvalue weighted by Gasteiger charge is 2.32. The molecule has 26 heavy (non-hydrogen) atoms. The van der Waals surface area contributed by atoms with E-state index in [1.54, 1.807) is 26.8 Å². The number of aromatic amines is 1. The number of H-pyrrole nitrogens is 1. The van der Waals surface area contributed by atoms with Crippen molar-refractivity contribution in [3.05, 3.63) is 32.6 Å². The SMILES string of the molecule is COc1c(Cl)cc2[nH]c(=O)c3c(c2c1OC)CN(C(=O)OC(C)(C)C)C3. The number of benzene rings is 1. The van der Waals surface area contributed by atoms with Crippen LogP contribution in [0.15, 0.2) is 10.9 Å². The van der Waals surface area contributed by atoms with Crippen molar-refractivity contribution >= 4 is 28.6 Å². The first kappa shape index (κ1) is 18.4. The van der Waals surface area contributed by atoms with Gasteiger partial charge in [0.1, 0.15) is 5.60 Å². The molecule has 1 N–H and O–H groups in total. The third-order valence-corrected chi connectivity index (χ3v) is 4.42. The summed E-state index contributed by atoms with van der Waals surface area (Å²) in [4.78, 5) is 29.2. The molecule has 0 aliphatic carbocycles. The van der Waals surface area contributed by atoms with Gasteiger partial charge in [-0.1, -0.05) is 11.6 Å². The highest BCUT2D eigenvalue weighted by molar-refractivity contribution is 6.33. The van der Waals surface area contributed by atoms with E-state index >= 15 is 0 Å². The summed E-state index contributed by atoms with van der Waals surface area (Å²) in [5, 5.41) is 1.00. The van der Waals surface area contributed by atoms with Gasteiger partial charge >= 0.3 is 6.09 Å². The van der Waals surface area contributed by atoms with Gasteiger partial charge in [-0.05, 0) is 32.4 Å². The van der Waals surface area contributed by atoms with Gasteiger partial charge in [0.05, 0.1) is 37.8 Å². The van der Waals surface area contributed by atoms with Gasteiger partial charge in [-0.25, -0.2) is 4.79 Å². The number of pyridine rings is 1. The smallest absolute Gasteiger partial charge is 0.410 e. The van der Waals surface area contributed by atoms with Gasteiger partial charge in [-0.2, -0.15) is 0 Å². The van der Waals surface area contributed by atoms with E-state index < -0.39 is 11.7 Å². The molecule has 0 bridgehead atoms. The Hall–Kier alpha value is -2.41. The van der Waals surface area contributed by atoms with Gasteiger partial charge in [-0.15, -0.1) is 0 Å². The van der Waals surface area contributed by atoms with Crippen molar-refractivity contribution in [3.8, 4) is 11.5 Å². The molecule has 7 nitrogen and oxygen atoms in total. The lowest BCUT2D eigenvalue weighted by molar-refractivity contribution is 0.0242. The predicted octanol–water partition coefficient (Wildman–Crippen LogP) is 3.45. The zero-order valence-electron chi connectivity index (χ0n) is 15.4. The largest absolute Gasteiger partial charge is 0.492 e. The van der Waals surface area contributed by atoms with Gasteiger partial charge in [0.2, 0.25) is 0 Å². The third-order valence-electron chi connectivity index (χ3n) is 4.14.